The second-order valence-corrected chi connectivity index (χ2v) is 5.57. The van der Waals surface area contributed by atoms with Gasteiger partial charge in [-0.25, -0.2) is 4.39 Å². The number of methoxy groups -OCH3 is 1. The van der Waals surface area contributed by atoms with Crippen molar-refractivity contribution in [1.29, 1.82) is 0 Å². The molecule has 0 saturated carbocycles. The van der Waals surface area contributed by atoms with E-state index >= 15 is 0 Å². The van der Waals surface area contributed by atoms with E-state index in [4.69, 9.17) is 9.84 Å². The van der Waals surface area contributed by atoms with Crippen LogP contribution < -0.4 is 10.1 Å². The maximum Gasteiger partial charge on any atom is 0.303 e. The van der Waals surface area contributed by atoms with Gasteiger partial charge in [0.25, 0.3) is 0 Å². The number of carboxylic acids is 1. The average molecular weight is 345 g/mol. The minimum absolute atomic E-state index is 0.0673. The molecule has 0 aliphatic carbocycles. The first-order valence-corrected chi connectivity index (χ1v) is 7.91. The Hall–Kier alpha value is -2.89. The van der Waals surface area contributed by atoms with Crippen molar-refractivity contribution < 1.29 is 23.8 Å². The van der Waals surface area contributed by atoms with E-state index < -0.39 is 11.8 Å². The van der Waals surface area contributed by atoms with E-state index in [2.05, 4.69) is 5.32 Å². The Balaban J connectivity index is 1.87. The Bertz CT molecular complexity index is 744. The van der Waals surface area contributed by atoms with Gasteiger partial charge in [0.2, 0.25) is 5.91 Å². The Kier molecular flexibility index (Phi) is 6.51. The van der Waals surface area contributed by atoms with Crippen LogP contribution in [0.2, 0.25) is 0 Å². The van der Waals surface area contributed by atoms with E-state index in [1.165, 1.54) is 13.2 Å². The summed E-state index contributed by atoms with van der Waals surface area (Å²) < 4.78 is 18.9. The van der Waals surface area contributed by atoms with Crippen LogP contribution in [0.4, 0.5) is 10.1 Å². The number of aliphatic carboxylic acids is 1. The lowest BCUT2D eigenvalue weighted by Crippen LogP contribution is -2.12. The van der Waals surface area contributed by atoms with Crippen molar-refractivity contribution in [2.24, 2.45) is 0 Å². The molecule has 0 bridgehead atoms. The number of halogens is 1. The fourth-order valence-corrected chi connectivity index (χ4v) is 2.38. The number of carbonyl (C=O) groups excluding carboxylic acids is 1. The number of hydrogen-bond acceptors (Lipinski definition) is 3. The van der Waals surface area contributed by atoms with Crippen molar-refractivity contribution >= 4 is 17.6 Å². The summed E-state index contributed by atoms with van der Waals surface area (Å²) in [6, 6.07) is 11.8. The molecule has 132 valence electrons. The summed E-state index contributed by atoms with van der Waals surface area (Å²) in [6.07, 6.45) is 0.924. The summed E-state index contributed by atoms with van der Waals surface area (Å²) in [5, 5.41) is 11.4. The van der Waals surface area contributed by atoms with Crippen LogP contribution >= 0.6 is 0 Å². The first kappa shape index (κ1) is 18.4. The predicted octanol–water partition coefficient (Wildman–Crippen LogP) is 3.42. The largest absolute Gasteiger partial charge is 0.494 e. The quantitative estimate of drug-likeness (QED) is 0.769. The van der Waals surface area contributed by atoms with Crippen molar-refractivity contribution in [2.45, 2.75) is 25.7 Å². The molecule has 0 fully saturated rings. The van der Waals surface area contributed by atoms with E-state index in [1.807, 2.05) is 0 Å². The van der Waals surface area contributed by atoms with Crippen LogP contribution in [-0.2, 0) is 22.4 Å². The van der Waals surface area contributed by atoms with Gasteiger partial charge in [0, 0.05) is 18.5 Å². The summed E-state index contributed by atoms with van der Waals surface area (Å²) in [7, 11) is 1.40. The third-order valence-electron chi connectivity index (χ3n) is 3.75. The predicted molar refractivity (Wildman–Crippen MR) is 92.3 cm³/mol. The van der Waals surface area contributed by atoms with Gasteiger partial charge in [-0.3, -0.25) is 9.59 Å². The molecule has 0 radical (unpaired) electrons. The van der Waals surface area contributed by atoms with Crippen LogP contribution in [0, 0.1) is 5.82 Å². The Morgan fingerprint density at radius 2 is 1.80 bits per heavy atom. The van der Waals surface area contributed by atoms with Crippen LogP contribution in [0.5, 0.6) is 5.75 Å². The maximum atomic E-state index is 14.0. The molecule has 0 saturated heterocycles. The molecular formula is C19H20FNO4. The zero-order chi connectivity index (χ0) is 18.2. The number of anilines is 1. The van der Waals surface area contributed by atoms with Crippen LogP contribution in [0.25, 0.3) is 0 Å². The molecule has 0 aliphatic heterocycles. The van der Waals surface area contributed by atoms with E-state index in [9.17, 15) is 14.0 Å². The second-order valence-electron chi connectivity index (χ2n) is 5.57. The van der Waals surface area contributed by atoms with Gasteiger partial charge in [0.05, 0.1) is 7.11 Å². The fourth-order valence-electron chi connectivity index (χ4n) is 2.38. The highest BCUT2D eigenvalue weighted by Crippen LogP contribution is 2.21. The summed E-state index contributed by atoms with van der Waals surface area (Å²) in [5.41, 5.74) is 1.94. The molecule has 0 heterocycles. The molecule has 25 heavy (non-hydrogen) atoms. The molecule has 0 unspecified atom stereocenters. The highest BCUT2D eigenvalue weighted by Gasteiger charge is 2.10. The first-order chi connectivity index (χ1) is 12.0. The van der Waals surface area contributed by atoms with Crippen LogP contribution in [-0.4, -0.2) is 24.1 Å². The van der Waals surface area contributed by atoms with Crippen molar-refractivity contribution in [3.05, 3.63) is 59.4 Å². The molecule has 2 aromatic rings. The van der Waals surface area contributed by atoms with Crippen molar-refractivity contribution in [2.75, 3.05) is 12.4 Å². The summed E-state index contributed by atoms with van der Waals surface area (Å²) in [5.74, 6) is -1.35. The van der Waals surface area contributed by atoms with E-state index in [1.54, 1.807) is 36.4 Å². The molecular weight excluding hydrogens is 325 g/mol. The first-order valence-electron chi connectivity index (χ1n) is 7.91. The number of carboxylic acid groups (broad SMARTS) is 1. The minimum atomic E-state index is -0.845. The third kappa shape index (κ3) is 5.60. The Labute approximate surface area is 145 Å². The van der Waals surface area contributed by atoms with Gasteiger partial charge in [-0.2, -0.15) is 0 Å². The minimum Gasteiger partial charge on any atom is -0.494 e. The van der Waals surface area contributed by atoms with Gasteiger partial charge >= 0.3 is 5.97 Å². The van der Waals surface area contributed by atoms with Gasteiger partial charge in [-0.1, -0.05) is 24.3 Å². The van der Waals surface area contributed by atoms with Crippen molar-refractivity contribution in [1.82, 2.24) is 0 Å². The summed E-state index contributed by atoms with van der Waals surface area (Å²) >= 11 is 0. The number of nitrogens with one attached hydrogen (secondary N) is 1. The third-order valence-corrected chi connectivity index (χ3v) is 3.75. The van der Waals surface area contributed by atoms with Gasteiger partial charge in [-0.15, -0.1) is 0 Å². The van der Waals surface area contributed by atoms with E-state index in [-0.39, 0.29) is 30.9 Å². The van der Waals surface area contributed by atoms with Gasteiger partial charge in [-0.05, 0) is 42.2 Å². The van der Waals surface area contributed by atoms with Gasteiger partial charge < -0.3 is 15.2 Å². The van der Waals surface area contributed by atoms with Gasteiger partial charge in [0.1, 0.15) is 0 Å². The number of benzene rings is 2. The smallest absolute Gasteiger partial charge is 0.303 e. The molecule has 6 heteroatoms. The SMILES string of the molecule is COc1cccc(CCC(=O)Nc2ccc(CCC(=O)O)cc2)c1F. The molecule has 0 aromatic heterocycles. The number of rotatable bonds is 8. The van der Waals surface area contributed by atoms with Crippen molar-refractivity contribution in [3.63, 3.8) is 0 Å². The lowest BCUT2D eigenvalue weighted by molar-refractivity contribution is -0.137. The maximum absolute atomic E-state index is 14.0. The second kappa shape index (κ2) is 8.82. The zero-order valence-corrected chi connectivity index (χ0v) is 13.9. The number of amides is 1. The van der Waals surface area contributed by atoms with E-state index in [0.29, 0.717) is 17.7 Å². The summed E-state index contributed by atoms with van der Waals surface area (Å²) in [4.78, 5) is 22.6. The topological polar surface area (TPSA) is 75.6 Å². The molecule has 2 N–H and O–H groups in total. The normalized spacial score (nSPS) is 10.3. The summed E-state index contributed by atoms with van der Waals surface area (Å²) in [6.45, 7) is 0. The number of hydrogen-bond donors (Lipinski definition) is 2. The molecule has 2 aromatic carbocycles. The Morgan fingerprint density at radius 3 is 2.44 bits per heavy atom. The highest BCUT2D eigenvalue weighted by atomic mass is 19.1. The van der Waals surface area contributed by atoms with Crippen LogP contribution in [0.15, 0.2) is 42.5 Å². The lowest BCUT2D eigenvalue weighted by atomic mass is 10.1. The van der Waals surface area contributed by atoms with E-state index in [0.717, 1.165) is 5.56 Å². The molecule has 0 aliphatic rings. The fraction of sp³-hybridized carbons (Fsp3) is 0.263. The number of aryl methyl sites for hydroxylation is 2. The highest BCUT2D eigenvalue weighted by molar-refractivity contribution is 5.90. The molecule has 2 rings (SSSR count). The van der Waals surface area contributed by atoms with Gasteiger partial charge in [0.15, 0.2) is 11.6 Å². The monoisotopic (exact) mass is 345 g/mol. The molecule has 0 spiro atoms. The standard InChI is InChI=1S/C19H20FNO4/c1-25-16-4-2-3-14(19(16)20)8-11-17(22)21-15-9-5-13(6-10-15)7-12-18(23)24/h2-6,9-10H,7-8,11-12H2,1H3,(H,21,22)(H,23,24). The molecule has 5 nitrogen and oxygen atoms in total. The van der Waals surface area contributed by atoms with Crippen LogP contribution in [0.3, 0.4) is 0 Å². The van der Waals surface area contributed by atoms with Crippen LogP contribution in [0.1, 0.15) is 24.0 Å². The number of carbonyl (C=O) groups is 2. The number of ether oxygens (including phenoxy) is 1. The average Bonchev–Trinajstić information content (AvgIpc) is 2.60. The van der Waals surface area contributed by atoms with Crippen molar-refractivity contribution in [3.8, 4) is 5.75 Å². The lowest BCUT2D eigenvalue weighted by Gasteiger charge is -2.08. The molecule has 1 amide bonds. The zero-order valence-electron chi connectivity index (χ0n) is 13.9. The molecule has 0 atom stereocenters. The Morgan fingerprint density at radius 1 is 1.08 bits per heavy atom.